The van der Waals surface area contributed by atoms with Crippen molar-refractivity contribution in [1.82, 2.24) is 0 Å². The first kappa shape index (κ1) is 28.4. The Morgan fingerprint density at radius 2 is 0.880 bits per heavy atom. The molecule has 0 amide bonds. The lowest BCUT2D eigenvalue weighted by atomic mass is 9.98. The Morgan fingerprint density at radius 1 is 0.320 bits per heavy atom. The molecule has 10 rings (SSSR count). The van der Waals surface area contributed by atoms with Gasteiger partial charge in [0.05, 0.1) is 11.4 Å². The molecule has 2 heteroatoms. The SMILES string of the molecule is c1ccc(-c2ccccc2N(c2ccc(-c3cccc4c3oc3c4ccc4ccc5ccccc5c43)cc2)c2cccc3ccccc23)cc1. The molecule has 0 spiro atoms. The summed E-state index contributed by atoms with van der Waals surface area (Å²) in [5.74, 6) is 0. The summed E-state index contributed by atoms with van der Waals surface area (Å²) in [4.78, 5) is 2.40. The van der Waals surface area contributed by atoms with E-state index in [0.29, 0.717) is 0 Å². The zero-order valence-corrected chi connectivity index (χ0v) is 27.3. The number of hydrogen-bond donors (Lipinski definition) is 0. The summed E-state index contributed by atoms with van der Waals surface area (Å²) < 4.78 is 6.88. The molecule has 0 atom stereocenters. The van der Waals surface area contributed by atoms with E-state index in [1.54, 1.807) is 0 Å². The van der Waals surface area contributed by atoms with Crippen LogP contribution in [0.2, 0.25) is 0 Å². The van der Waals surface area contributed by atoms with E-state index in [9.17, 15) is 0 Å². The van der Waals surface area contributed by atoms with Gasteiger partial charge in [-0.25, -0.2) is 0 Å². The highest BCUT2D eigenvalue weighted by atomic mass is 16.3. The van der Waals surface area contributed by atoms with Crippen LogP contribution in [-0.4, -0.2) is 0 Å². The van der Waals surface area contributed by atoms with Gasteiger partial charge in [-0.15, -0.1) is 0 Å². The molecule has 9 aromatic carbocycles. The van der Waals surface area contributed by atoms with Crippen molar-refractivity contribution >= 4 is 71.3 Å². The minimum Gasteiger partial charge on any atom is -0.455 e. The molecule has 0 aliphatic heterocycles. The molecular weight excluding hydrogens is 607 g/mol. The van der Waals surface area contributed by atoms with Crippen LogP contribution < -0.4 is 4.90 Å². The van der Waals surface area contributed by atoms with E-state index < -0.39 is 0 Å². The Kier molecular flexibility index (Phi) is 6.53. The Bertz CT molecular complexity index is 2860. The molecule has 0 unspecified atom stereocenters. The van der Waals surface area contributed by atoms with Crippen LogP contribution in [0.15, 0.2) is 192 Å². The second kappa shape index (κ2) is 11.5. The first-order valence-electron chi connectivity index (χ1n) is 17.1. The fourth-order valence-electron chi connectivity index (χ4n) is 7.70. The summed E-state index contributed by atoms with van der Waals surface area (Å²) in [6, 6.07) is 67.3. The van der Waals surface area contributed by atoms with E-state index in [1.807, 2.05) is 0 Å². The largest absolute Gasteiger partial charge is 0.455 e. The smallest absolute Gasteiger partial charge is 0.143 e. The van der Waals surface area contributed by atoms with E-state index in [-0.39, 0.29) is 0 Å². The number of furan rings is 1. The maximum absolute atomic E-state index is 6.88. The topological polar surface area (TPSA) is 16.4 Å². The molecule has 0 fully saturated rings. The van der Waals surface area contributed by atoms with Crippen molar-refractivity contribution in [3.05, 3.63) is 188 Å². The van der Waals surface area contributed by atoms with Crippen LogP contribution in [0.4, 0.5) is 17.1 Å². The first-order valence-corrected chi connectivity index (χ1v) is 17.1. The van der Waals surface area contributed by atoms with Gasteiger partial charge in [0.1, 0.15) is 11.2 Å². The van der Waals surface area contributed by atoms with Gasteiger partial charge in [0, 0.05) is 38.4 Å². The highest BCUT2D eigenvalue weighted by Gasteiger charge is 2.20. The molecule has 0 N–H and O–H groups in total. The zero-order valence-electron chi connectivity index (χ0n) is 27.3. The summed E-state index contributed by atoms with van der Waals surface area (Å²) in [5, 5.41) is 9.46. The van der Waals surface area contributed by atoms with Gasteiger partial charge in [-0.3, -0.25) is 0 Å². The van der Waals surface area contributed by atoms with E-state index in [1.165, 1.54) is 43.4 Å². The second-order valence-electron chi connectivity index (χ2n) is 12.9. The summed E-state index contributed by atoms with van der Waals surface area (Å²) in [6.07, 6.45) is 0. The number of para-hydroxylation sites is 2. The van der Waals surface area contributed by atoms with Gasteiger partial charge in [0.15, 0.2) is 0 Å². The number of nitrogens with zero attached hydrogens (tertiary/aromatic N) is 1. The average molecular weight is 638 g/mol. The highest BCUT2D eigenvalue weighted by molar-refractivity contribution is 6.24. The van der Waals surface area contributed by atoms with E-state index in [0.717, 1.165) is 50.1 Å². The maximum Gasteiger partial charge on any atom is 0.143 e. The van der Waals surface area contributed by atoms with E-state index in [2.05, 4.69) is 193 Å². The number of rotatable bonds is 5. The van der Waals surface area contributed by atoms with Crippen molar-refractivity contribution in [3.8, 4) is 22.3 Å². The third kappa shape index (κ3) is 4.50. The standard InChI is InChI=1S/C48H31NO/c1-2-12-32(13-3-1)38-18-8-9-22-44(38)49(45-23-10-16-33-14-4-6-17-39(33)45)37-29-26-35(27-30-37)41-20-11-21-42-43-31-28-36-25-24-34-15-5-7-19-40(34)46(36)48(43)50-47(41)42/h1-31H. The number of hydrogen-bond acceptors (Lipinski definition) is 2. The molecular formula is C48H31NO. The lowest BCUT2D eigenvalue weighted by molar-refractivity contribution is 0.674. The lowest BCUT2D eigenvalue weighted by Crippen LogP contribution is -2.11. The van der Waals surface area contributed by atoms with Crippen LogP contribution in [0.5, 0.6) is 0 Å². The lowest BCUT2D eigenvalue weighted by Gasteiger charge is -2.29. The van der Waals surface area contributed by atoms with Crippen LogP contribution in [0.25, 0.3) is 76.5 Å². The summed E-state index contributed by atoms with van der Waals surface area (Å²) in [6.45, 7) is 0. The third-order valence-corrected chi connectivity index (χ3v) is 10.0. The number of fused-ring (bicyclic) bond motifs is 8. The van der Waals surface area contributed by atoms with E-state index >= 15 is 0 Å². The summed E-state index contributed by atoms with van der Waals surface area (Å²) in [5.41, 5.74) is 9.76. The van der Waals surface area contributed by atoms with Crippen molar-refractivity contribution in [3.63, 3.8) is 0 Å². The van der Waals surface area contributed by atoms with Gasteiger partial charge in [-0.2, -0.15) is 0 Å². The van der Waals surface area contributed by atoms with Gasteiger partial charge < -0.3 is 9.32 Å². The third-order valence-electron chi connectivity index (χ3n) is 10.0. The first-order chi connectivity index (χ1) is 24.8. The van der Waals surface area contributed by atoms with Crippen LogP contribution in [0.1, 0.15) is 0 Å². The monoisotopic (exact) mass is 637 g/mol. The van der Waals surface area contributed by atoms with Crippen LogP contribution in [-0.2, 0) is 0 Å². The average Bonchev–Trinajstić information content (AvgIpc) is 3.58. The van der Waals surface area contributed by atoms with Crippen molar-refractivity contribution in [2.75, 3.05) is 4.90 Å². The zero-order chi connectivity index (χ0) is 33.0. The van der Waals surface area contributed by atoms with Gasteiger partial charge in [0.25, 0.3) is 0 Å². The van der Waals surface area contributed by atoms with Gasteiger partial charge in [-0.1, -0.05) is 158 Å². The van der Waals surface area contributed by atoms with Gasteiger partial charge in [0.2, 0.25) is 0 Å². The van der Waals surface area contributed by atoms with Gasteiger partial charge in [-0.05, 0) is 63.0 Å². The van der Waals surface area contributed by atoms with Crippen molar-refractivity contribution in [1.29, 1.82) is 0 Å². The van der Waals surface area contributed by atoms with Crippen molar-refractivity contribution in [2.45, 2.75) is 0 Å². The van der Waals surface area contributed by atoms with Gasteiger partial charge >= 0.3 is 0 Å². The second-order valence-corrected chi connectivity index (χ2v) is 12.9. The molecule has 1 aromatic heterocycles. The van der Waals surface area contributed by atoms with Crippen LogP contribution in [0, 0.1) is 0 Å². The predicted octanol–water partition coefficient (Wildman–Crippen LogP) is 13.8. The minimum atomic E-state index is 0.913. The molecule has 234 valence electrons. The molecule has 0 bridgehead atoms. The van der Waals surface area contributed by atoms with Crippen LogP contribution >= 0.6 is 0 Å². The molecule has 0 saturated heterocycles. The Hall–Kier alpha value is -6.64. The predicted molar refractivity (Wildman–Crippen MR) is 212 cm³/mol. The van der Waals surface area contributed by atoms with Crippen molar-refractivity contribution in [2.24, 2.45) is 0 Å². The number of benzene rings is 9. The summed E-state index contributed by atoms with van der Waals surface area (Å²) in [7, 11) is 0. The Balaban J connectivity index is 1.15. The molecule has 1 heterocycles. The minimum absolute atomic E-state index is 0.913. The van der Waals surface area contributed by atoms with Crippen LogP contribution in [0.3, 0.4) is 0 Å². The Morgan fingerprint density at radius 3 is 1.74 bits per heavy atom. The molecule has 0 saturated carbocycles. The molecule has 2 nitrogen and oxygen atoms in total. The van der Waals surface area contributed by atoms with Crippen molar-refractivity contribution < 1.29 is 4.42 Å². The highest BCUT2D eigenvalue weighted by Crippen LogP contribution is 2.45. The molecule has 10 aromatic rings. The fraction of sp³-hybridized carbons (Fsp3) is 0. The quantitative estimate of drug-likeness (QED) is 0.175. The maximum atomic E-state index is 6.88. The van der Waals surface area contributed by atoms with E-state index in [4.69, 9.17) is 4.42 Å². The normalized spacial score (nSPS) is 11.6. The summed E-state index contributed by atoms with van der Waals surface area (Å²) >= 11 is 0. The Labute approximate surface area is 290 Å². The molecule has 0 radical (unpaired) electrons. The fourth-order valence-corrected chi connectivity index (χ4v) is 7.70. The molecule has 0 aliphatic carbocycles. The molecule has 50 heavy (non-hydrogen) atoms. The molecule has 0 aliphatic rings. The number of anilines is 3.